The van der Waals surface area contributed by atoms with Gasteiger partial charge in [0, 0.05) is 30.5 Å². The number of nitrogens with two attached hydrogens (primary N) is 2. The summed E-state index contributed by atoms with van der Waals surface area (Å²) in [6.45, 7) is 2.52. The van der Waals surface area contributed by atoms with Crippen LogP contribution in [0.3, 0.4) is 0 Å². The first-order valence-electron chi connectivity index (χ1n) is 13.0. The fourth-order valence-electron chi connectivity index (χ4n) is 4.71. The number of anilines is 1. The van der Waals surface area contributed by atoms with Crippen molar-refractivity contribution in [2.24, 2.45) is 11.5 Å². The normalized spacial score (nSPS) is 17.6. The summed E-state index contributed by atoms with van der Waals surface area (Å²) in [6.07, 6.45) is -0.778. The number of H-pyrrole nitrogens is 1. The lowest BCUT2D eigenvalue weighted by molar-refractivity contribution is -0.343. The van der Waals surface area contributed by atoms with Gasteiger partial charge in [0.1, 0.15) is 11.7 Å². The highest BCUT2D eigenvalue weighted by molar-refractivity contribution is 5.98. The number of fused-ring (bicyclic) bond motifs is 1. The molecule has 3 aromatic rings. The molecular formula is C28H34F3N6O2+. The van der Waals surface area contributed by atoms with E-state index >= 15 is 0 Å². The number of carbonyl (C=O) groups excluding carboxylic acids is 2. The molecule has 0 saturated carbocycles. The quantitative estimate of drug-likeness (QED) is 0.313. The van der Waals surface area contributed by atoms with Crippen molar-refractivity contribution in [1.82, 2.24) is 10.2 Å². The minimum atomic E-state index is -4.47. The average Bonchev–Trinajstić information content (AvgIpc) is 3.32. The molecule has 8 nitrogen and oxygen atoms in total. The summed E-state index contributed by atoms with van der Waals surface area (Å²) in [6, 6.07) is 12.1. The molecule has 39 heavy (non-hydrogen) atoms. The van der Waals surface area contributed by atoms with E-state index in [2.05, 4.69) is 20.5 Å². The van der Waals surface area contributed by atoms with Gasteiger partial charge in [-0.3, -0.25) is 9.59 Å². The summed E-state index contributed by atoms with van der Waals surface area (Å²) < 4.78 is 39.0. The molecule has 2 heterocycles. The Labute approximate surface area is 224 Å². The molecule has 1 saturated heterocycles. The molecule has 1 unspecified atom stereocenters. The van der Waals surface area contributed by atoms with Gasteiger partial charge in [0.2, 0.25) is 17.3 Å². The average molecular weight is 544 g/mol. The number of hydrogen-bond acceptors (Lipinski definition) is 5. The lowest BCUT2D eigenvalue weighted by atomic mass is 10.0. The molecule has 1 aliphatic heterocycles. The van der Waals surface area contributed by atoms with Gasteiger partial charge in [0.25, 0.3) is 0 Å². The van der Waals surface area contributed by atoms with E-state index in [-0.39, 0.29) is 12.5 Å². The predicted molar refractivity (Wildman–Crippen MR) is 142 cm³/mol. The fourth-order valence-corrected chi connectivity index (χ4v) is 4.71. The first kappa shape index (κ1) is 28.5. The molecule has 2 aromatic carbocycles. The molecule has 0 bridgehead atoms. The largest absolute Gasteiger partial charge is 0.416 e. The number of rotatable bonds is 10. The number of benzene rings is 2. The number of aromatic nitrogens is 1. The number of nitrogens with one attached hydrogen (secondary N) is 3. The Balaban J connectivity index is 1.43. The second-order valence-corrected chi connectivity index (χ2v) is 10.0. The van der Waals surface area contributed by atoms with E-state index in [0.29, 0.717) is 24.1 Å². The lowest BCUT2D eigenvalue weighted by Gasteiger charge is -2.21. The Bertz CT molecular complexity index is 1280. The molecule has 3 atom stereocenters. The molecule has 208 valence electrons. The maximum Gasteiger partial charge on any atom is 0.416 e. The predicted octanol–water partition coefficient (Wildman–Crippen LogP) is 2.48. The Morgan fingerprint density at radius 3 is 2.54 bits per heavy atom. The third-order valence-corrected chi connectivity index (χ3v) is 6.91. The topological polar surface area (TPSA) is 128 Å². The molecule has 0 radical (unpaired) electrons. The van der Waals surface area contributed by atoms with E-state index in [1.165, 1.54) is 12.1 Å². The van der Waals surface area contributed by atoms with E-state index in [0.717, 1.165) is 49.1 Å². The molecule has 4 rings (SSSR count). The second kappa shape index (κ2) is 12.5. The highest BCUT2D eigenvalue weighted by atomic mass is 19.4. The van der Waals surface area contributed by atoms with Crippen molar-refractivity contribution in [2.45, 2.75) is 50.0 Å². The number of pyridine rings is 1. The van der Waals surface area contributed by atoms with Crippen molar-refractivity contribution >= 4 is 28.4 Å². The Morgan fingerprint density at radius 2 is 1.85 bits per heavy atom. The SMILES string of the molecule is NC1CCN(CCC[C@H](N)C(=O)N[C@H](Cc2ccc(C(F)(F)F)cc2)C(=O)Nc2c[nH+]c3ccccc3c2)C1. The standard InChI is InChI=1S/C28H33F3N6O2/c29-28(30,31)20-9-7-18(8-10-20)14-25(27(39)35-22-15-19-4-1-2-6-24(19)34-16-22)36-26(38)23(33)5-3-12-37-13-11-21(32)17-37/h1-2,4,6-10,15-16,21,23,25H,3,5,11-14,17,32-33H2,(H,35,39)(H,36,38)/p+1/t21?,23-,25+/m0/s1. The van der Waals surface area contributed by atoms with E-state index in [4.69, 9.17) is 11.5 Å². The van der Waals surface area contributed by atoms with Gasteiger partial charge in [-0.15, -0.1) is 0 Å². The van der Waals surface area contributed by atoms with E-state index < -0.39 is 35.6 Å². The van der Waals surface area contributed by atoms with Crippen molar-refractivity contribution in [3.05, 3.63) is 71.9 Å². The summed E-state index contributed by atoms with van der Waals surface area (Å²) >= 11 is 0. The fraction of sp³-hybridized carbons (Fsp3) is 0.393. The summed E-state index contributed by atoms with van der Waals surface area (Å²) in [5, 5.41) is 6.38. The Hall–Kier alpha value is -3.54. The minimum Gasteiger partial charge on any atom is -0.343 e. The van der Waals surface area contributed by atoms with Crippen LogP contribution in [0.15, 0.2) is 60.8 Å². The number of para-hydroxylation sites is 1. The van der Waals surface area contributed by atoms with Crippen molar-refractivity contribution < 1.29 is 27.7 Å². The first-order chi connectivity index (χ1) is 18.6. The Morgan fingerprint density at radius 1 is 1.10 bits per heavy atom. The van der Waals surface area contributed by atoms with Gasteiger partial charge in [0.15, 0.2) is 6.20 Å². The van der Waals surface area contributed by atoms with Crippen molar-refractivity contribution in [3.8, 4) is 0 Å². The number of aromatic amines is 1. The van der Waals surface area contributed by atoms with Crippen LogP contribution in [0.5, 0.6) is 0 Å². The van der Waals surface area contributed by atoms with Gasteiger partial charge >= 0.3 is 6.18 Å². The zero-order valence-corrected chi connectivity index (χ0v) is 21.5. The first-order valence-corrected chi connectivity index (χ1v) is 13.0. The van der Waals surface area contributed by atoms with Crippen LogP contribution in [0.1, 0.15) is 30.4 Å². The number of carbonyl (C=O) groups is 2. The Kier molecular flexibility index (Phi) is 9.16. The van der Waals surface area contributed by atoms with Gasteiger partial charge in [-0.05, 0) is 62.2 Å². The van der Waals surface area contributed by atoms with E-state index in [9.17, 15) is 22.8 Å². The zero-order chi connectivity index (χ0) is 28.0. The van der Waals surface area contributed by atoms with Crippen molar-refractivity contribution in [3.63, 3.8) is 0 Å². The lowest BCUT2D eigenvalue weighted by Crippen LogP contribution is -2.51. The van der Waals surface area contributed by atoms with Crippen LogP contribution in [-0.4, -0.2) is 54.5 Å². The van der Waals surface area contributed by atoms with Gasteiger partial charge < -0.3 is 27.0 Å². The van der Waals surface area contributed by atoms with E-state index in [1.807, 2.05) is 24.3 Å². The summed E-state index contributed by atoms with van der Waals surface area (Å²) in [7, 11) is 0. The smallest absolute Gasteiger partial charge is 0.343 e. The highest BCUT2D eigenvalue weighted by Gasteiger charge is 2.30. The molecule has 2 amide bonds. The van der Waals surface area contributed by atoms with Crippen LogP contribution >= 0.6 is 0 Å². The highest BCUT2D eigenvalue weighted by Crippen LogP contribution is 2.29. The number of hydrogen-bond donors (Lipinski definition) is 4. The third kappa shape index (κ3) is 7.98. The molecule has 1 aromatic heterocycles. The number of alkyl halides is 3. The summed E-state index contributed by atoms with van der Waals surface area (Å²) in [4.78, 5) is 31.5. The van der Waals surface area contributed by atoms with Crippen LogP contribution in [0.4, 0.5) is 18.9 Å². The van der Waals surface area contributed by atoms with Gasteiger partial charge in [-0.2, -0.15) is 13.2 Å². The maximum atomic E-state index is 13.3. The van der Waals surface area contributed by atoms with Crippen LogP contribution in [0.2, 0.25) is 0 Å². The molecule has 0 aliphatic carbocycles. The molecular weight excluding hydrogens is 509 g/mol. The molecule has 1 fully saturated rings. The third-order valence-electron chi connectivity index (χ3n) is 6.91. The van der Waals surface area contributed by atoms with Gasteiger partial charge in [-0.25, -0.2) is 4.98 Å². The zero-order valence-electron chi connectivity index (χ0n) is 21.5. The number of amides is 2. The van der Waals surface area contributed by atoms with Crippen LogP contribution < -0.4 is 27.1 Å². The number of halogens is 3. The van der Waals surface area contributed by atoms with Crippen molar-refractivity contribution in [1.29, 1.82) is 0 Å². The molecule has 0 spiro atoms. The van der Waals surface area contributed by atoms with Gasteiger partial charge in [-0.1, -0.05) is 24.3 Å². The maximum absolute atomic E-state index is 13.3. The van der Waals surface area contributed by atoms with Gasteiger partial charge in [0.05, 0.1) is 11.6 Å². The number of likely N-dealkylation sites (tertiary alicyclic amines) is 1. The van der Waals surface area contributed by atoms with Crippen molar-refractivity contribution in [2.75, 3.05) is 25.0 Å². The second-order valence-electron chi connectivity index (χ2n) is 10.0. The minimum absolute atomic E-state index is 0.00854. The molecule has 7 N–H and O–H groups in total. The number of nitrogens with zero attached hydrogens (tertiary/aromatic N) is 1. The van der Waals surface area contributed by atoms with Crippen LogP contribution in [0.25, 0.3) is 10.9 Å². The van der Waals surface area contributed by atoms with Crippen LogP contribution in [0, 0.1) is 0 Å². The van der Waals surface area contributed by atoms with Crippen LogP contribution in [-0.2, 0) is 22.2 Å². The summed E-state index contributed by atoms with van der Waals surface area (Å²) in [5.74, 6) is -1.00. The monoisotopic (exact) mass is 543 g/mol. The molecule has 1 aliphatic rings. The molecule has 11 heteroatoms. The van der Waals surface area contributed by atoms with E-state index in [1.54, 1.807) is 12.3 Å². The summed E-state index contributed by atoms with van der Waals surface area (Å²) in [5.41, 5.74) is 13.1.